The molecular formula is C12H9N. The smallest absolute Gasteiger partial charge is 0.0710 e. The van der Waals surface area contributed by atoms with Gasteiger partial charge in [0.05, 0.1) is 5.52 Å². The fraction of sp³-hybridized carbons (Fsp3) is 0.0833. The number of pyridine rings is 1. The van der Waals surface area contributed by atoms with Crippen molar-refractivity contribution in [2.45, 2.75) is 6.42 Å². The van der Waals surface area contributed by atoms with E-state index in [2.05, 4.69) is 41.4 Å². The molecule has 1 heterocycles. The van der Waals surface area contributed by atoms with Gasteiger partial charge in [0.1, 0.15) is 0 Å². The minimum absolute atomic E-state index is 1.04. The minimum Gasteiger partial charge on any atom is -0.256 e. The van der Waals surface area contributed by atoms with E-state index in [1.807, 2.05) is 6.20 Å². The van der Waals surface area contributed by atoms with Gasteiger partial charge in [-0.25, -0.2) is 0 Å². The molecule has 0 bridgehead atoms. The van der Waals surface area contributed by atoms with Gasteiger partial charge in [-0.2, -0.15) is 0 Å². The summed E-state index contributed by atoms with van der Waals surface area (Å²) in [6.45, 7) is 0. The number of aromatic nitrogens is 1. The van der Waals surface area contributed by atoms with E-state index in [1.165, 1.54) is 16.5 Å². The lowest BCUT2D eigenvalue weighted by molar-refractivity contribution is 1.26. The van der Waals surface area contributed by atoms with Gasteiger partial charge in [0.25, 0.3) is 0 Å². The fourth-order valence-electron chi connectivity index (χ4n) is 1.93. The van der Waals surface area contributed by atoms with Crippen LogP contribution in [0.1, 0.15) is 11.1 Å². The van der Waals surface area contributed by atoms with E-state index in [-0.39, 0.29) is 0 Å². The Kier molecular flexibility index (Phi) is 1.28. The quantitative estimate of drug-likeness (QED) is 0.588. The van der Waals surface area contributed by atoms with Gasteiger partial charge in [0.2, 0.25) is 0 Å². The highest BCUT2D eigenvalue weighted by Crippen LogP contribution is 2.26. The number of allylic oxidation sites excluding steroid dienone is 1. The van der Waals surface area contributed by atoms with Crippen LogP contribution in [0.3, 0.4) is 0 Å². The summed E-state index contributed by atoms with van der Waals surface area (Å²) < 4.78 is 0. The zero-order chi connectivity index (χ0) is 8.67. The molecule has 3 rings (SSSR count). The summed E-state index contributed by atoms with van der Waals surface area (Å²) in [6, 6.07) is 8.38. The Hall–Kier alpha value is -1.63. The molecular weight excluding hydrogens is 158 g/mol. The molecule has 1 aromatic carbocycles. The van der Waals surface area contributed by atoms with Crippen molar-refractivity contribution in [3.63, 3.8) is 0 Å². The minimum atomic E-state index is 1.04. The second-order valence-electron chi connectivity index (χ2n) is 3.32. The summed E-state index contributed by atoms with van der Waals surface area (Å²) in [7, 11) is 0. The first-order chi connectivity index (χ1) is 6.45. The molecule has 0 fully saturated rings. The van der Waals surface area contributed by atoms with Crippen LogP contribution in [-0.4, -0.2) is 4.98 Å². The van der Waals surface area contributed by atoms with Crippen LogP contribution < -0.4 is 0 Å². The van der Waals surface area contributed by atoms with E-state index in [0.717, 1.165) is 11.9 Å². The first kappa shape index (κ1) is 6.84. The van der Waals surface area contributed by atoms with Crippen LogP contribution in [0.5, 0.6) is 0 Å². The Balaban J connectivity index is 2.56. The molecule has 1 aliphatic carbocycles. The normalized spacial score (nSPS) is 13.5. The van der Waals surface area contributed by atoms with E-state index >= 15 is 0 Å². The predicted octanol–water partition coefficient (Wildman–Crippen LogP) is 2.80. The second-order valence-corrected chi connectivity index (χ2v) is 3.32. The van der Waals surface area contributed by atoms with Gasteiger partial charge in [0, 0.05) is 11.6 Å². The Morgan fingerprint density at radius 2 is 2.15 bits per heavy atom. The number of benzene rings is 1. The summed E-state index contributed by atoms with van der Waals surface area (Å²) in [6.07, 6.45) is 7.31. The van der Waals surface area contributed by atoms with E-state index in [1.54, 1.807) is 0 Å². The lowest BCUT2D eigenvalue weighted by Gasteiger charge is -2.10. The lowest BCUT2D eigenvalue weighted by Crippen LogP contribution is -1.93. The average Bonchev–Trinajstić information content (AvgIpc) is 2.19. The highest BCUT2D eigenvalue weighted by atomic mass is 14.6. The first-order valence-corrected chi connectivity index (χ1v) is 4.48. The average molecular weight is 167 g/mol. The van der Waals surface area contributed by atoms with Crippen molar-refractivity contribution in [1.82, 2.24) is 4.98 Å². The third-order valence-electron chi connectivity index (χ3n) is 2.52. The molecule has 1 aromatic heterocycles. The number of hydrogen-bond acceptors (Lipinski definition) is 1. The third kappa shape index (κ3) is 0.903. The molecule has 0 saturated carbocycles. The largest absolute Gasteiger partial charge is 0.256 e. The topological polar surface area (TPSA) is 12.9 Å². The van der Waals surface area contributed by atoms with Crippen molar-refractivity contribution in [3.8, 4) is 0 Å². The summed E-state index contributed by atoms with van der Waals surface area (Å²) >= 11 is 0. The lowest BCUT2D eigenvalue weighted by atomic mass is 9.96. The van der Waals surface area contributed by atoms with Crippen molar-refractivity contribution in [2.24, 2.45) is 0 Å². The molecule has 1 heteroatoms. The van der Waals surface area contributed by atoms with E-state index in [0.29, 0.717) is 0 Å². The van der Waals surface area contributed by atoms with Crippen LogP contribution in [0.2, 0.25) is 0 Å². The Labute approximate surface area is 76.7 Å². The molecule has 0 saturated heterocycles. The van der Waals surface area contributed by atoms with Crippen molar-refractivity contribution in [2.75, 3.05) is 0 Å². The van der Waals surface area contributed by atoms with Crippen molar-refractivity contribution < 1.29 is 0 Å². The standard InChI is InChI=1S/C12H9N/c1-3-9-5-2-6-11-12(9)10(4-1)7-8-13-11/h1-3,5-8H,4H2. The van der Waals surface area contributed by atoms with Gasteiger partial charge in [-0.15, -0.1) is 0 Å². The molecule has 0 unspecified atom stereocenters. The molecule has 62 valence electrons. The Morgan fingerprint density at radius 1 is 1.15 bits per heavy atom. The fourth-order valence-corrected chi connectivity index (χ4v) is 1.93. The summed E-state index contributed by atoms with van der Waals surface area (Å²) in [5, 5.41) is 1.33. The van der Waals surface area contributed by atoms with Gasteiger partial charge >= 0.3 is 0 Å². The van der Waals surface area contributed by atoms with Crippen LogP contribution in [0.4, 0.5) is 0 Å². The maximum Gasteiger partial charge on any atom is 0.0710 e. The molecule has 0 N–H and O–H groups in total. The first-order valence-electron chi connectivity index (χ1n) is 4.48. The number of nitrogens with zero attached hydrogens (tertiary/aromatic N) is 1. The number of hydrogen-bond donors (Lipinski definition) is 0. The van der Waals surface area contributed by atoms with Gasteiger partial charge in [0.15, 0.2) is 0 Å². The zero-order valence-corrected chi connectivity index (χ0v) is 7.20. The highest BCUT2D eigenvalue weighted by Gasteiger charge is 2.07. The molecule has 1 aliphatic rings. The van der Waals surface area contributed by atoms with Crippen LogP contribution in [0.25, 0.3) is 17.0 Å². The molecule has 13 heavy (non-hydrogen) atoms. The molecule has 0 amide bonds. The highest BCUT2D eigenvalue weighted by molar-refractivity contribution is 5.92. The van der Waals surface area contributed by atoms with Crippen molar-refractivity contribution in [1.29, 1.82) is 0 Å². The maximum atomic E-state index is 4.35. The summed E-state index contributed by atoms with van der Waals surface area (Å²) in [5.41, 5.74) is 3.80. The Bertz CT molecular complexity index is 492. The van der Waals surface area contributed by atoms with Crippen LogP contribution in [0.15, 0.2) is 36.5 Å². The molecule has 0 spiro atoms. The van der Waals surface area contributed by atoms with Crippen LogP contribution in [-0.2, 0) is 6.42 Å². The maximum absolute atomic E-state index is 4.35. The molecule has 0 atom stereocenters. The summed E-state index contributed by atoms with van der Waals surface area (Å²) in [5.74, 6) is 0. The monoisotopic (exact) mass is 167 g/mol. The Morgan fingerprint density at radius 3 is 3.15 bits per heavy atom. The van der Waals surface area contributed by atoms with Gasteiger partial charge < -0.3 is 0 Å². The van der Waals surface area contributed by atoms with E-state index in [4.69, 9.17) is 0 Å². The van der Waals surface area contributed by atoms with Gasteiger partial charge in [-0.05, 0) is 29.7 Å². The third-order valence-corrected chi connectivity index (χ3v) is 2.52. The van der Waals surface area contributed by atoms with Gasteiger partial charge in [-0.3, -0.25) is 4.98 Å². The predicted molar refractivity (Wildman–Crippen MR) is 54.5 cm³/mol. The van der Waals surface area contributed by atoms with E-state index < -0.39 is 0 Å². The van der Waals surface area contributed by atoms with E-state index in [9.17, 15) is 0 Å². The van der Waals surface area contributed by atoms with Crippen LogP contribution >= 0.6 is 0 Å². The number of rotatable bonds is 0. The summed E-state index contributed by atoms with van der Waals surface area (Å²) in [4.78, 5) is 4.35. The SMILES string of the molecule is C1=Cc2cccc3nccc(c23)C1. The second kappa shape index (κ2) is 2.43. The molecule has 1 nitrogen and oxygen atoms in total. The van der Waals surface area contributed by atoms with Crippen molar-refractivity contribution >= 4 is 17.0 Å². The van der Waals surface area contributed by atoms with Crippen molar-refractivity contribution in [3.05, 3.63) is 47.7 Å². The zero-order valence-electron chi connectivity index (χ0n) is 7.20. The van der Waals surface area contributed by atoms with Gasteiger partial charge in [-0.1, -0.05) is 24.3 Å². The molecule has 2 aromatic rings. The van der Waals surface area contributed by atoms with Crippen LogP contribution in [0, 0.1) is 0 Å². The molecule has 0 radical (unpaired) electrons. The molecule has 0 aliphatic heterocycles.